The minimum atomic E-state index is -4.24. The van der Waals surface area contributed by atoms with E-state index in [2.05, 4.69) is 5.32 Å². The second-order valence-electron chi connectivity index (χ2n) is 10.1. The van der Waals surface area contributed by atoms with E-state index in [9.17, 15) is 22.4 Å². The summed E-state index contributed by atoms with van der Waals surface area (Å²) in [6.07, 6.45) is 0. The van der Waals surface area contributed by atoms with Gasteiger partial charge in [0.25, 0.3) is 10.0 Å². The maximum atomic E-state index is 13.9. The summed E-state index contributed by atoms with van der Waals surface area (Å²) in [5.74, 6) is -1.22. The topological polar surface area (TPSA) is 86.8 Å². The predicted octanol–water partition coefficient (Wildman–Crippen LogP) is 4.83. The summed E-state index contributed by atoms with van der Waals surface area (Å²) in [5.41, 5.74) is 2.99. The average molecular weight is 554 g/mol. The van der Waals surface area contributed by atoms with E-state index in [1.807, 2.05) is 52.0 Å². The summed E-state index contributed by atoms with van der Waals surface area (Å²) in [4.78, 5) is 28.2. The SMILES string of the molecule is Cc1ccc(N(CC(=O)N(Cc2ccccc2C)[C@H](C)C(=O)NCC(C)C)S(=O)(=O)c2ccc(F)cc2)cc1. The molecule has 1 N–H and O–H groups in total. The monoisotopic (exact) mass is 553 g/mol. The van der Waals surface area contributed by atoms with Crippen LogP contribution in [-0.2, 0) is 26.2 Å². The summed E-state index contributed by atoms with van der Waals surface area (Å²) < 4.78 is 42.0. The molecule has 0 radical (unpaired) electrons. The van der Waals surface area contributed by atoms with E-state index in [0.717, 1.165) is 33.1 Å². The third-order valence-electron chi connectivity index (χ3n) is 6.46. The van der Waals surface area contributed by atoms with Gasteiger partial charge in [0.2, 0.25) is 11.8 Å². The Morgan fingerprint density at radius 2 is 1.51 bits per heavy atom. The van der Waals surface area contributed by atoms with Crippen molar-refractivity contribution < 1.29 is 22.4 Å². The Morgan fingerprint density at radius 3 is 2.10 bits per heavy atom. The van der Waals surface area contributed by atoms with Gasteiger partial charge in [-0.15, -0.1) is 0 Å². The van der Waals surface area contributed by atoms with Crippen molar-refractivity contribution in [2.45, 2.75) is 52.1 Å². The van der Waals surface area contributed by atoms with Crippen molar-refractivity contribution in [1.82, 2.24) is 10.2 Å². The van der Waals surface area contributed by atoms with Crippen LogP contribution in [0.2, 0.25) is 0 Å². The second-order valence-corrected chi connectivity index (χ2v) is 11.9. The van der Waals surface area contributed by atoms with Crippen LogP contribution >= 0.6 is 0 Å². The van der Waals surface area contributed by atoms with Gasteiger partial charge in [-0.25, -0.2) is 12.8 Å². The van der Waals surface area contributed by atoms with Crippen LogP contribution in [-0.4, -0.2) is 44.3 Å². The average Bonchev–Trinajstić information content (AvgIpc) is 2.90. The molecule has 3 rings (SSSR count). The normalized spacial score (nSPS) is 12.2. The van der Waals surface area contributed by atoms with Crippen molar-refractivity contribution in [3.63, 3.8) is 0 Å². The number of nitrogens with zero attached hydrogens (tertiary/aromatic N) is 2. The smallest absolute Gasteiger partial charge is 0.264 e. The van der Waals surface area contributed by atoms with Crippen molar-refractivity contribution in [2.24, 2.45) is 5.92 Å². The first-order chi connectivity index (χ1) is 18.4. The highest BCUT2D eigenvalue weighted by molar-refractivity contribution is 7.92. The Bertz CT molecular complexity index is 1390. The highest BCUT2D eigenvalue weighted by Gasteiger charge is 2.32. The molecular weight excluding hydrogens is 517 g/mol. The molecule has 0 unspecified atom stereocenters. The lowest BCUT2D eigenvalue weighted by atomic mass is 10.1. The summed E-state index contributed by atoms with van der Waals surface area (Å²) in [6, 6.07) is 17.9. The van der Waals surface area contributed by atoms with Crippen LogP contribution in [0.5, 0.6) is 0 Å². The predicted molar refractivity (Wildman–Crippen MR) is 151 cm³/mol. The molecule has 0 bridgehead atoms. The molecule has 0 aliphatic carbocycles. The molecule has 0 aliphatic heterocycles. The zero-order valence-electron chi connectivity index (χ0n) is 23.0. The van der Waals surface area contributed by atoms with Gasteiger partial charge in [0.15, 0.2) is 0 Å². The van der Waals surface area contributed by atoms with Crippen molar-refractivity contribution in [3.05, 3.63) is 95.3 Å². The molecule has 0 aliphatic rings. The van der Waals surface area contributed by atoms with Crippen LogP contribution < -0.4 is 9.62 Å². The van der Waals surface area contributed by atoms with Gasteiger partial charge in [0, 0.05) is 13.1 Å². The molecule has 3 aromatic carbocycles. The quantitative estimate of drug-likeness (QED) is 0.369. The first kappa shape index (κ1) is 29.8. The van der Waals surface area contributed by atoms with Gasteiger partial charge in [-0.2, -0.15) is 0 Å². The van der Waals surface area contributed by atoms with Crippen molar-refractivity contribution in [1.29, 1.82) is 0 Å². The Hall–Kier alpha value is -3.72. The van der Waals surface area contributed by atoms with Gasteiger partial charge < -0.3 is 10.2 Å². The summed E-state index contributed by atoms with van der Waals surface area (Å²) in [7, 11) is -4.24. The van der Waals surface area contributed by atoms with Crippen LogP contribution in [0, 0.1) is 25.6 Å². The molecular formula is C30H36FN3O4S. The third-order valence-corrected chi connectivity index (χ3v) is 8.24. The molecule has 9 heteroatoms. The van der Waals surface area contributed by atoms with E-state index in [1.54, 1.807) is 31.2 Å². The zero-order chi connectivity index (χ0) is 28.7. The van der Waals surface area contributed by atoms with Crippen LogP contribution in [0.3, 0.4) is 0 Å². The maximum Gasteiger partial charge on any atom is 0.264 e. The lowest BCUT2D eigenvalue weighted by molar-refractivity contribution is -0.139. The van der Waals surface area contributed by atoms with Gasteiger partial charge in [0.05, 0.1) is 10.6 Å². The number of rotatable bonds is 11. The van der Waals surface area contributed by atoms with Crippen molar-refractivity contribution >= 4 is 27.5 Å². The fourth-order valence-electron chi connectivity index (χ4n) is 3.98. The zero-order valence-corrected chi connectivity index (χ0v) is 23.8. The highest BCUT2D eigenvalue weighted by Crippen LogP contribution is 2.25. The summed E-state index contributed by atoms with van der Waals surface area (Å²) in [6.45, 7) is 9.40. The number of benzene rings is 3. The second kappa shape index (κ2) is 12.9. The summed E-state index contributed by atoms with van der Waals surface area (Å²) in [5, 5.41) is 2.87. The molecule has 0 saturated heterocycles. The van der Waals surface area contributed by atoms with Crippen molar-refractivity contribution in [2.75, 3.05) is 17.4 Å². The maximum absolute atomic E-state index is 13.9. The minimum Gasteiger partial charge on any atom is -0.354 e. The number of nitrogens with one attached hydrogen (secondary N) is 1. The Kier molecular flexibility index (Phi) is 9.86. The number of amides is 2. The van der Waals surface area contributed by atoms with Gasteiger partial charge >= 0.3 is 0 Å². The molecule has 0 saturated carbocycles. The minimum absolute atomic E-state index is 0.125. The highest BCUT2D eigenvalue weighted by atomic mass is 32.2. The first-order valence-electron chi connectivity index (χ1n) is 12.9. The van der Waals surface area contributed by atoms with E-state index in [-0.39, 0.29) is 29.0 Å². The standard InChI is InChI=1S/C30H36FN3O4S/c1-21(2)18-32-30(36)24(5)33(19-25-9-7-6-8-23(25)4)29(35)20-34(27-14-10-22(3)11-15-27)39(37,38)28-16-12-26(31)13-17-28/h6-17,21,24H,18-20H2,1-5H3,(H,32,36)/t24-/m1/s1. The van der Waals surface area contributed by atoms with Gasteiger partial charge in [0.1, 0.15) is 18.4 Å². The molecule has 1 atom stereocenters. The van der Waals surface area contributed by atoms with Crippen LogP contribution in [0.1, 0.15) is 37.5 Å². The number of anilines is 1. The molecule has 0 spiro atoms. The lowest BCUT2D eigenvalue weighted by Gasteiger charge is -2.32. The lowest BCUT2D eigenvalue weighted by Crippen LogP contribution is -2.51. The molecule has 0 fully saturated rings. The van der Waals surface area contributed by atoms with Gasteiger partial charge in [-0.1, -0.05) is 55.8 Å². The number of aryl methyl sites for hydroxylation is 2. The Balaban J connectivity index is 2.01. The largest absolute Gasteiger partial charge is 0.354 e. The van der Waals surface area contributed by atoms with Gasteiger partial charge in [-0.3, -0.25) is 13.9 Å². The number of halogens is 1. The molecule has 2 amide bonds. The fourth-order valence-corrected chi connectivity index (χ4v) is 5.39. The number of sulfonamides is 1. The molecule has 3 aromatic rings. The third kappa shape index (κ3) is 7.66. The number of carbonyl (C=O) groups excluding carboxylic acids is 2. The van der Waals surface area contributed by atoms with Crippen LogP contribution in [0.25, 0.3) is 0 Å². The fraction of sp³-hybridized carbons (Fsp3) is 0.333. The van der Waals surface area contributed by atoms with E-state index in [0.29, 0.717) is 6.54 Å². The summed E-state index contributed by atoms with van der Waals surface area (Å²) >= 11 is 0. The first-order valence-corrected chi connectivity index (χ1v) is 14.3. The van der Waals surface area contributed by atoms with Gasteiger partial charge in [-0.05, 0) is 74.2 Å². The number of hydrogen-bond donors (Lipinski definition) is 1. The van der Waals surface area contributed by atoms with E-state index in [4.69, 9.17) is 0 Å². The Morgan fingerprint density at radius 1 is 0.897 bits per heavy atom. The molecule has 0 heterocycles. The number of carbonyl (C=O) groups is 2. The van der Waals surface area contributed by atoms with E-state index in [1.165, 1.54) is 17.0 Å². The van der Waals surface area contributed by atoms with Crippen LogP contribution in [0.4, 0.5) is 10.1 Å². The Labute approximate surface area is 230 Å². The van der Waals surface area contributed by atoms with Crippen molar-refractivity contribution in [3.8, 4) is 0 Å². The van der Waals surface area contributed by atoms with E-state index >= 15 is 0 Å². The number of hydrogen-bond acceptors (Lipinski definition) is 4. The molecule has 208 valence electrons. The molecule has 7 nitrogen and oxygen atoms in total. The molecule has 39 heavy (non-hydrogen) atoms. The van der Waals surface area contributed by atoms with E-state index < -0.39 is 34.3 Å². The van der Waals surface area contributed by atoms with Crippen LogP contribution in [0.15, 0.2) is 77.7 Å². The molecule has 0 aromatic heterocycles.